The monoisotopic (exact) mass is 575 g/mol. The van der Waals surface area contributed by atoms with E-state index in [1.165, 1.54) is 10.8 Å². The number of carbonyl (C=O) groups is 1. The van der Waals surface area contributed by atoms with Crippen LogP contribution < -0.4 is 15.6 Å². The number of morpholine rings is 1. The number of carboxylic acid groups (broad SMARTS) is 1. The standard InChI is InChI=1S/C29H27F2N7O4/c1-32-18-7-17(30)23(31)21-22-25(38-11-19-20(12-38)42-5-4-36(19)2)15(9-33-27(22)35-24(18)21)13-6-14-26(39)16(29(40)41)10-37(3)28(14)34-8-13/h6-10,19-20,32H,4-5,11-12H2,1-3H3,(H,33,35)(H,40,41)/t19?,20-/m1/s1. The van der Waals surface area contributed by atoms with Crippen molar-refractivity contribution >= 4 is 50.3 Å². The average Bonchev–Trinajstić information content (AvgIpc) is 3.59. The number of nitrogens with zero attached hydrogens (tertiary/aromatic N) is 5. The van der Waals surface area contributed by atoms with E-state index in [4.69, 9.17) is 4.74 Å². The Labute approximate surface area is 237 Å². The van der Waals surface area contributed by atoms with Crippen molar-refractivity contribution in [2.45, 2.75) is 12.1 Å². The quantitative estimate of drug-likeness (QED) is 0.296. The van der Waals surface area contributed by atoms with Gasteiger partial charge in [0, 0.05) is 69.5 Å². The average molecular weight is 576 g/mol. The molecule has 2 fully saturated rings. The second-order valence-corrected chi connectivity index (χ2v) is 10.8. The highest BCUT2D eigenvalue weighted by atomic mass is 19.2. The minimum atomic E-state index is -1.34. The van der Waals surface area contributed by atoms with Crippen LogP contribution >= 0.6 is 0 Å². The normalized spacial score (nSPS) is 19.2. The fraction of sp³-hybridized carbons (Fsp3) is 0.310. The Hall–Kier alpha value is -4.62. The molecule has 4 aromatic heterocycles. The summed E-state index contributed by atoms with van der Waals surface area (Å²) in [5, 5.41) is 13.1. The lowest BCUT2D eigenvalue weighted by molar-refractivity contribution is -0.0362. The second-order valence-electron chi connectivity index (χ2n) is 10.8. The number of aryl methyl sites for hydroxylation is 1. The Bertz CT molecular complexity index is 2010. The zero-order valence-corrected chi connectivity index (χ0v) is 23.0. The van der Waals surface area contributed by atoms with Gasteiger partial charge in [-0.2, -0.15) is 0 Å². The van der Waals surface area contributed by atoms with Gasteiger partial charge < -0.3 is 29.6 Å². The minimum absolute atomic E-state index is 0.0562. The van der Waals surface area contributed by atoms with Gasteiger partial charge in [0.15, 0.2) is 11.6 Å². The number of fused-ring (bicyclic) bond motifs is 5. The van der Waals surface area contributed by atoms with Gasteiger partial charge in [-0.05, 0) is 13.1 Å². The van der Waals surface area contributed by atoms with Gasteiger partial charge >= 0.3 is 5.97 Å². The van der Waals surface area contributed by atoms with Gasteiger partial charge in [0.05, 0.1) is 51.8 Å². The fourth-order valence-corrected chi connectivity index (χ4v) is 6.38. The highest BCUT2D eigenvalue weighted by molar-refractivity contribution is 6.18. The van der Waals surface area contributed by atoms with Crippen LogP contribution in [-0.2, 0) is 11.8 Å². The number of rotatable bonds is 4. The molecule has 2 atom stereocenters. The lowest BCUT2D eigenvalue weighted by Crippen LogP contribution is -2.48. The number of likely N-dealkylation sites (N-methyl/N-ethyl adjacent to an activating group) is 1. The maximum absolute atomic E-state index is 15.6. The van der Waals surface area contributed by atoms with Gasteiger partial charge in [-0.3, -0.25) is 9.69 Å². The van der Waals surface area contributed by atoms with Crippen molar-refractivity contribution < 1.29 is 23.4 Å². The number of aromatic carboxylic acids is 1. The smallest absolute Gasteiger partial charge is 0.341 e. The van der Waals surface area contributed by atoms with E-state index < -0.39 is 23.0 Å². The van der Waals surface area contributed by atoms with Crippen LogP contribution in [0, 0.1) is 11.6 Å². The molecule has 0 bridgehead atoms. The van der Waals surface area contributed by atoms with Gasteiger partial charge in [0.2, 0.25) is 5.43 Å². The fourth-order valence-electron chi connectivity index (χ4n) is 6.38. The number of hydrogen-bond donors (Lipinski definition) is 3. The molecule has 0 amide bonds. The number of carboxylic acids is 1. The summed E-state index contributed by atoms with van der Waals surface area (Å²) in [6, 6.07) is 2.76. The van der Waals surface area contributed by atoms with Crippen molar-refractivity contribution in [3.63, 3.8) is 0 Å². The number of nitrogens with one attached hydrogen (secondary N) is 2. The third-order valence-corrected chi connectivity index (χ3v) is 8.48. The van der Waals surface area contributed by atoms with Crippen LogP contribution in [0.2, 0.25) is 0 Å². The molecule has 0 radical (unpaired) electrons. The minimum Gasteiger partial charge on any atom is -0.477 e. The number of benzene rings is 1. The van der Waals surface area contributed by atoms with Crippen LogP contribution in [-0.4, -0.2) is 88.0 Å². The molecule has 1 unspecified atom stereocenters. The molecule has 0 aliphatic carbocycles. The molecular formula is C29H27F2N7O4. The summed E-state index contributed by atoms with van der Waals surface area (Å²) in [6.07, 6.45) is 4.33. The van der Waals surface area contributed by atoms with E-state index in [1.807, 2.05) is 7.05 Å². The third-order valence-electron chi connectivity index (χ3n) is 8.48. The first-order chi connectivity index (χ1) is 20.2. The largest absolute Gasteiger partial charge is 0.477 e. The number of ether oxygens (including phenoxy) is 1. The van der Waals surface area contributed by atoms with Crippen LogP contribution in [0.5, 0.6) is 0 Å². The lowest BCUT2D eigenvalue weighted by Gasteiger charge is -2.33. The number of aromatic nitrogens is 4. The zero-order chi connectivity index (χ0) is 29.4. The number of hydrogen-bond acceptors (Lipinski definition) is 8. The van der Waals surface area contributed by atoms with E-state index in [0.717, 1.165) is 12.6 Å². The van der Waals surface area contributed by atoms with Crippen LogP contribution in [0.1, 0.15) is 10.4 Å². The maximum atomic E-state index is 15.6. The Kier molecular flexibility index (Phi) is 5.92. The van der Waals surface area contributed by atoms with Gasteiger partial charge in [0.25, 0.3) is 0 Å². The summed E-state index contributed by atoms with van der Waals surface area (Å²) in [6.45, 7) is 2.42. The van der Waals surface area contributed by atoms with Crippen molar-refractivity contribution in [3.8, 4) is 11.1 Å². The third kappa shape index (κ3) is 3.77. The predicted octanol–water partition coefficient (Wildman–Crippen LogP) is 3.17. The molecule has 13 heteroatoms. The maximum Gasteiger partial charge on any atom is 0.341 e. The molecule has 0 saturated carbocycles. The van der Waals surface area contributed by atoms with E-state index in [0.29, 0.717) is 64.4 Å². The second kappa shape index (κ2) is 9.46. The number of anilines is 2. The summed E-state index contributed by atoms with van der Waals surface area (Å²) in [4.78, 5) is 41.5. The zero-order valence-electron chi connectivity index (χ0n) is 23.0. The SMILES string of the molecule is CNc1cc(F)c(F)c2c1[nH]c1ncc(-c3cnc4c(c3)c(=O)c(C(=O)O)cn4C)c(N3CC4[C@@H](C3)OCCN4C)c12. The Morgan fingerprint density at radius 1 is 1.17 bits per heavy atom. The number of pyridine rings is 3. The summed E-state index contributed by atoms with van der Waals surface area (Å²) >= 11 is 0. The lowest BCUT2D eigenvalue weighted by atomic mass is 10.0. The molecule has 3 N–H and O–H groups in total. The molecule has 2 aliphatic heterocycles. The van der Waals surface area contributed by atoms with Gasteiger partial charge in [-0.15, -0.1) is 0 Å². The topological polar surface area (TPSA) is 129 Å². The van der Waals surface area contributed by atoms with Crippen molar-refractivity contribution in [1.82, 2.24) is 24.4 Å². The molecule has 216 valence electrons. The molecule has 11 nitrogen and oxygen atoms in total. The van der Waals surface area contributed by atoms with Crippen LogP contribution in [0.3, 0.4) is 0 Å². The first-order valence-electron chi connectivity index (χ1n) is 13.5. The van der Waals surface area contributed by atoms with Crippen LogP contribution in [0.15, 0.2) is 35.5 Å². The van der Waals surface area contributed by atoms with E-state index >= 15 is 4.39 Å². The van der Waals surface area contributed by atoms with Gasteiger partial charge in [-0.1, -0.05) is 0 Å². The predicted molar refractivity (Wildman–Crippen MR) is 154 cm³/mol. The molecule has 6 heterocycles. The molecule has 42 heavy (non-hydrogen) atoms. The Morgan fingerprint density at radius 3 is 2.71 bits per heavy atom. The van der Waals surface area contributed by atoms with Crippen molar-refractivity contribution in [3.05, 3.63) is 58.1 Å². The first kappa shape index (κ1) is 26.3. The van der Waals surface area contributed by atoms with Crippen molar-refractivity contribution in [2.24, 2.45) is 7.05 Å². The molecular weight excluding hydrogens is 548 g/mol. The van der Waals surface area contributed by atoms with E-state index in [1.54, 1.807) is 32.6 Å². The molecule has 7 rings (SSSR count). The highest BCUT2D eigenvalue weighted by Gasteiger charge is 2.40. The number of H-pyrrole nitrogens is 1. The van der Waals surface area contributed by atoms with E-state index in [9.17, 15) is 19.1 Å². The molecule has 0 spiro atoms. The summed E-state index contributed by atoms with van der Waals surface area (Å²) < 4.78 is 38.1. The number of aromatic amines is 1. The Balaban J connectivity index is 1.54. The Morgan fingerprint density at radius 2 is 1.98 bits per heavy atom. The van der Waals surface area contributed by atoms with Crippen molar-refractivity contribution in [1.29, 1.82) is 0 Å². The molecule has 1 aromatic carbocycles. The number of halogens is 2. The van der Waals surface area contributed by atoms with Crippen LogP contribution in [0.25, 0.3) is 44.1 Å². The van der Waals surface area contributed by atoms with E-state index in [2.05, 4.69) is 30.1 Å². The molecule has 2 aliphatic rings. The van der Waals surface area contributed by atoms with Gasteiger partial charge in [-0.25, -0.2) is 23.5 Å². The summed E-state index contributed by atoms with van der Waals surface area (Å²) in [5.41, 5.74) is 2.00. The summed E-state index contributed by atoms with van der Waals surface area (Å²) in [5.74, 6) is -3.34. The molecule has 5 aromatic rings. The first-order valence-corrected chi connectivity index (χ1v) is 13.5. The van der Waals surface area contributed by atoms with Crippen LogP contribution in [0.4, 0.5) is 20.2 Å². The van der Waals surface area contributed by atoms with E-state index in [-0.39, 0.29) is 28.5 Å². The summed E-state index contributed by atoms with van der Waals surface area (Å²) in [7, 11) is 5.28. The highest BCUT2D eigenvalue weighted by Crippen LogP contribution is 2.44. The van der Waals surface area contributed by atoms with Crippen molar-refractivity contribution in [2.75, 3.05) is 50.6 Å². The molecule has 2 saturated heterocycles. The van der Waals surface area contributed by atoms with Gasteiger partial charge in [0.1, 0.15) is 16.9 Å².